The molecule has 7 nitrogen and oxygen atoms in total. The van der Waals surface area contributed by atoms with Crippen LogP contribution in [0.15, 0.2) is 24.3 Å². The van der Waals surface area contributed by atoms with Crippen LogP contribution in [0.1, 0.15) is 6.42 Å². The Morgan fingerprint density at radius 2 is 2.00 bits per heavy atom. The maximum Gasteiger partial charge on any atom is 0.238 e. The van der Waals surface area contributed by atoms with E-state index < -0.39 is 15.7 Å². The molecular formula is C15H20FN3O4S. The van der Waals surface area contributed by atoms with Crippen LogP contribution in [0.25, 0.3) is 0 Å². The molecule has 0 aromatic heterocycles. The quantitative estimate of drug-likeness (QED) is 0.747. The summed E-state index contributed by atoms with van der Waals surface area (Å²) in [7, 11) is -1.46. The van der Waals surface area contributed by atoms with Gasteiger partial charge in [0.2, 0.25) is 11.8 Å². The normalized spacial score (nSPS) is 19.2. The second-order valence-electron chi connectivity index (χ2n) is 5.90. The van der Waals surface area contributed by atoms with E-state index in [4.69, 9.17) is 0 Å². The number of halogens is 1. The number of hydrogen-bond donors (Lipinski definition) is 2. The molecule has 1 aromatic rings. The summed E-state index contributed by atoms with van der Waals surface area (Å²) in [6, 6.07) is 5.16. The summed E-state index contributed by atoms with van der Waals surface area (Å²) in [5.41, 5.74) is 0.342. The molecule has 24 heavy (non-hydrogen) atoms. The molecule has 132 valence electrons. The molecule has 0 bridgehead atoms. The van der Waals surface area contributed by atoms with Gasteiger partial charge < -0.3 is 10.6 Å². The van der Waals surface area contributed by atoms with Gasteiger partial charge in [0, 0.05) is 11.7 Å². The van der Waals surface area contributed by atoms with Crippen LogP contribution in [-0.2, 0) is 19.4 Å². The van der Waals surface area contributed by atoms with Crippen LogP contribution in [0.3, 0.4) is 0 Å². The van der Waals surface area contributed by atoms with E-state index in [1.165, 1.54) is 23.1 Å². The molecule has 0 spiro atoms. The molecule has 1 saturated heterocycles. The van der Waals surface area contributed by atoms with Gasteiger partial charge in [-0.15, -0.1) is 0 Å². The number of hydrogen-bond acceptors (Lipinski definition) is 5. The molecule has 1 aromatic carbocycles. The van der Waals surface area contributed by atoms with Crippen molar-refractivity contribution in [1.29, 1.82) is 0 Å². The summed E-state index contributed by atoms with van der Waals surface area (Å²) in [6.07, 6.45) is 0.415. The highest BCUT2D eigenvalue weighted by Crippen LogP contribution is 2.11. The first kappa shape index (κ1) is 18.3. The number of nitrogens with zero attached hydrogens (tertiary/aromatic N) is 1. The van der Waals surface area contributed by atoms with E-state index in [-0.39, 0.29) is 42.5 Å². The van der Waals surface area contributed by atoms with Crippen molar-refractivity contribution in [3.05, 3.63) is 30.1 Å². The molecule has 0 aliphatic carbocycles. The van der Waals surface area contributed by atoms with Crippen molar-refractivity contribution in [3.63, 3.8) is 0 Å². The van der Waals surface area contributed by atoms with Crippen LogP contribution >= 0.6 is 0 Å². The van der Waals surface area contributed by atoms with Crippen LogP contribution in [-0.4, -0.2) is 62.8 Å². The van der Waals surface area contributed by atoms with Crippen LogP contribution in [0, 0.1) is 5.82 Å². The van der Waals surface area contributed by atoms with Gasteiger partial charge in [0.05, 0.1) is 24.6 Å². The topological polar surface area (TPSA) is 95.6 Å². The first-order chi connectivity index (χ1) is 11.2. The lowest BCUT2D eigenvalue weighted by molar-refractivity contribution is -0.123. The van der Waals surface area contributed by atoms with Crippen molar-refractivity contribution in [2.75, 3.05) is 37.0 Å². The third-order valence-electron chi connectivity index (χ3n) is 3.53. The number of nitrogens with one attached hydrogen (secondary N) is 2. The molecule has 1 aliphatic heterocycles. The van der Waals surface area contributed by atoms with Gasteiger partial charge >= 0.3 is 0 Å². The van der Waals surface area contributed by atoms with Gasteiger partial charge in [0.15, 0.2) is 9.84 Å². The molecular weight excluding hydrogens is 337 g/mol. The lowest BCUT2D eigenvalue weighted by atomic mass is 10.2. The molecule has 2 rings (SSSR count). The third kappa shape index (κ3) is 5.89. The number of sulfone groups is 1. The summed E-state index contributed by atoms with van der Waals surface area (Å²) < 4.78 is 35.7. The van der Waals surface area contributed by atoms with E-state index in [0.29, 0.717) is 12.1 Å². The first-order valence-corrected chi connectivity index (χ1v) is 9.29. The standard InChI is InChI=1S/C15H20FN3O4S/c1-19(8-14(20)17-12-4-2-3-11(16)7-12)9-15(21)18-13-5-6-24(22,23)10-13/h2-4,7,13H,5-6,8-10H2,1H3,(H,17,20)(H,18,21)/t13-/m0/s1. The number of benzene rings is 1. The van der Waals surface area contributed by atoms with Crippen molar-refractivity contribution in [3.8, 4) is 0 Å². The van der Waals surface area contributed by atoms with Crippen molar-refractivity contribution in [2.45, 2.75) is 12.5 Å². The van der Waals surface area contributed by atoms with Crippen molar-refractivity contribution in [1.82, 2.24) is 10.2 Å². The average molecular weight is 357 g/mol. The molecule has 1 heterocycles. The van der Waals surface area contributed by atoms with Gasteiger partial charge in [-0.1, -0.05) is 6.07 Å². The van der Waals surface area contributed by atoms with Gasteiger partial charge in [0.25, 0.3) is 0 Å². The molecule has 2 amide bonds. The van der Waals surface area contributed by atoms with Crippen LogP contribution in [0.5, 0.6) is 0 Å². The van der Waals surface area contributed by atoms with Gasteiger partial charge in [-0.2, -0.15) is 0 Å². The van der Waals surface area contributed by atoms with E-state index in [1.54, 1.807) is 13.1 Å². The molecule has 0 saturated carbocycles. The fourth-order valence-corrected chi connectivity index (χ4v) is 4.17. The van der Waals surface area contributed by atoms with Crippen LogP contribution in [0.4, 0.5) is 10.1 Å². The minimum atomic E-state index is -3.05. The molecule has 1 aliphatic rings. The Balaban J connectivity index is 1.75. The number of likely N-dealkylation sites (N-methyl/N-ethyl adjacent to an activating group) is 1. The van der Waals surface area contributed by atoms with E-state index in [9.17, 15) is 22.4 Å². The van der Waals surface area contributed by atoms with E-state index in [1.807, 2.05) is 0 Å². The maximum atomic E-state index is 13.0. The van der Waals surface area contributed by atoms with Gasteiger partial charge in [-0.05, 0) is 31.7 Å². The molecule has 2 N–H and O–H groups in total. The number of rotatable bonds is 6. The van der Waals surface area contributed by atoms with Crippen LogP contribution in [0.2, 0.25) is 0 Å². The number of carbonyl (C=O) groups excluding carboxylic acids is 2. The predicted octanol–water partition coefficient (Wildman–Crippen LogP) is -0.000700. The average Bonchev–Trinajstić information content (AvgIpc) is 2.76. The smallest absolute Gasteiger partial charge is 0.238 e. The Labute approximate surface area is 140 Å². The largest absolute Gasteiger partial charge is 0.351 e. The summed E-state index contributed by atoms with van der Waals surface area (Å²) in [5.74, 6) is -1.11. The Kier molecular flexibility index (Phi) is 5.89. The van der Waals surface area contributed by atoms with Crippen molar-refractivity contribution < 1.29 is 22.4 Å². The minimum Gasteiger partial charge on any atom is -0.351 e. The van der Waals surface area contributed by atoms with E-state index in [0.717, 1.165) is 0 Å². The molecule has 9 heteroatoms. The number of amides is 2. The third-order valence-corrected chi connectivity index (χ3v) is 5.30. The Morgan fingerprint density at radius 1 is 1.29 bits per heavy atom. The van der Waals surface area contributed by atoms with Crippen molar-refractivity contribution in [2.24, 2.45) is 0 Å². The Morgan fingerprint density at radius 3 is 2.62 bits per heavy atom. The maximum absolute atomic E-state index is 13.0. The second-order valence-corrected chi connectivity index (χ2v) is 8.13. The molecule has 0 unspecified atom stereocenters. The molecule has 0 radical (unpaired) electrons. The minimum absolute atomic E-state index is 0.0346. The highest BCUT2D eigenvalue weighted by molar-refractivity contribution is 7.91. The number of carbonyl (C=O) groups is 2. The van der Waals surface area contributed by atoms with E-state index in [2.05, 4.69) is 10.6 Å². The Hall–Kier alpha value is -2.00. The lowest BCUT2D eigenvalue weighted by Crippen LogP contribution is -2.43. The lowest BCUT2D eigenvalue weighted by Gasteiger charge is -2.17. The summed E-state index contributed by atoms with van der Waals surface area (Å²) >= 11 is 0. The molecule has 1 fully saturated rings. The SMILES string of the molecule is CN(CC(=O)Nc1cccc(F)c1)CC(=O)N[C@H]1CCS(=O)(=O)C1. The Bertz CT molecular complexity index is 723. The van der Waals surface area contributed by atoms with Gasteiger partial charge in [-0.25, -0.2) is 12.8 Å². The first-order valence-electron chi connectivity index (χ1n) is 7.47. The van der Waals surface area contributed by atoms with Gasteiger partial charge in [0.1, 0.15) is 5.82 Å². The summed E-state index contributed by atoms with van der Waals surface area (Å²) in [5, 5.41) is 5.19. The zero-order valence-electron chi connectivity index (χ0n) is 13.3. The highest BCUT2D eigenvalue weighted by atomic mass is 32.2. The second kappa shape index (κ2) is 7.71. The zero-order valence-corrected chi connectivity index (χ0v) is 14.1. The number of anilines is 1. The zero-order chi connectivity index (χ0) is 17.7. The van der Waals surface area contributed by atoms with Gasteiger partial charge in [-0.3, -0.25) is 14.5 Å². The fourth-order valence-electron chi connectivity index (χ4n) is 2.50. The fraction of sp³-hybridized carbons (Fsp3) is 0.467. The summed E-state index contributed by atoms with van der Waals surface area (Å²) in [4.78, 5) is 25.2. The highest BCUT2D eigenvalue weighted by Gasteiger charge is 2.29. The summed E-state index contributed by atoms with van der Waals surface area (Å²) in [6.45, 7) is -0.0833. The van der Waals surface area contributed by atoms with Crippen LogP contribution < -0.4 is 10.6 Å². The molecule has 1 atom stereocenters. The monoisotopic (exact) mass is 357 g/mol. The van der Waals surface area contributed by atoms with E-state index >= 15 is 0 Å². The van der Waals surface area contributed by atoms with Crippen molar-refractivity contribution >= 4 is 27.3 Å². The predicted molar refractivity (Wildman–Crippen MR) is 87.7 cm³/mol.